The molecule has 30 heavy (non-hydrogen) atoms. The fourth-order valence-electron chi connectivity index (χ4n) is 4.09. The molecular weight excluding hydrogens is 382 g/mol. The first-order valence-electron chi connectivity index (χ1n) is 10.7. The zero-order chi connectivity index (χ0) is 20.8. The Kier molecular flexibility index (Phi) is 6.63. The van der Waals surface area contributed by atoms with Crippen molar-refractivity contribution in [2.75, 3.05) is 44.6 Å². The van der Waals surface area contributed by atoms with E-state index in [0.717, 1.165) is 74.4 Å². The van der Waals surface area contributed by atoms with Crippen LogP contribution in [0.1, 0.15) is 29.7 Å². The van der Waals surface area contributed by atoms with Crippen LogP contribution in [0.3, 0.4) is 0 Å². The van der Waals surface area contributed by atoms with Gasteiger partial charge in [0, 0.05) is 44.7 Å². The molecule has 1 aromatic heterocycles. The van der Waals surface area contributed by atoms with E-state index in [-0.39, 0.29) is 11.7 Å². The van der Waals surface area contributed by atoms with E-state index in [9.17, 15) is 9.59 Å². The van der Waals surface area contributed by atoms with E-state index in [0.29, 0.717) is 19.7 Å². The molecule has 0 saturated carbocycles. The van der Waals surface area contributed by atoms with Crippen molar-refractivity contribution in [2.45, 2.75) is 32.3 Å². The topological polar surface area (TPSA) is 90.6 Å². The van der Waals surface area contributed by atoms with Gasteiger partial charge < -0.3 is 19.9 Å². The van der Waals surface area contributed by atoms with Gasteiger partial charge in [-0.05, 0) is 31.4 Å². The third-order valence-electron chi connectivity index (χ3n) is 5.78. The second kappa shape index (κ2) is 9.75. The normalized spacial score (nSPS) is 17.0. The summed E-state index contributed by atoms with van der Waals surface area (Å²) in [5.74, 6) is 0. The lowest BCUT2D eigenvalue weighted by atomic mass is 10.0. The number of anilines is 1. The van der Waals surface area contributed by atoms with Gasteiger partial charge in [0.1, 0.15) is 6.61 Å². The number of carbonyl (C=O) groups excluding carboxylic acids is 1. The van der Waals surface area contributed by atoms with Crippen LogP contribution in [0.25, 0.3) is 0 Å². The molecule has 4 rings (SSSR count). The van der Waals surface area contributed by atoms with Crippen molar-refractivity contribution in [2.24, 2.45) is 0 Å². The summed E-state index contributed by atoms with van der Waals surface area (Å²) in [6, 6.07) is 9.74. The standard InChI is InChI=1S/C22H29N5O3/c28-21-18-8-4-10-23-20(18)19(24-25-21)9-13-26-11-5-12-27(15-14-26)22(29)30-16-17-6-2-1-3-7-17/h1-3,6-7,23H,4-5,8-16H2,(H,25,28). The predicted octanol–water partition coefficient (Wildman–Crippen LogP) is 2.01. The Morgan fingerprint density at radius 2 is 1.97 bits per heavy atom. The Morgan fingerprint density at radius 3 is 2.83 bits per heavy atom. The summed E-state index contributed by atoms with van der Waals surface area (Å²) in [6.45, 7) is 5.13. The van der Waals surface area contributed by atoms with Crippen LogP contribution in [0.4, 0.5) is 10.5 Å². The minimum atomic E-state index is -0.249. The lowest BCUT2D eigenvalue weighted by Crippen LogP contribution is -2.36. The summed E-state index contributed by atoms with van der Waals surface area (Å²) >= 11 is 0. The molecule has 8 nitrogen and oxygen atoms in total. The van der Waals surface area contributed by atoms with E-state index < -0.39 is 0 Å². The molecule has 8 heteroatoms. The number of nitrogens with one attached hydrogen (secondary N) is 2. The number of aromatic nitrogens is 2. The number of carbonyl (C=O) groups is 1. The second-order valence-electron chi connectivity index (χ2n) is 7.86. The Bertz CT molecular complexity index is 915. The zero-order valence-corrected chi connectivity index (χ0v) is 17.2. The average Bonchev–Trinajstić information content (AvgIpc) is 3.04. The number of fused-ring (bicyclic) bond motifs is 1. The van der Waals surface area contributed by atoms with E-state index in [1.807, 2.05) is 30.3 Å². The highest BCUT2D eigenvalue weighted by atomic mass is 16.6. The van der Waals surface area contributed by atoms with Gasteiger partial charge in [-0.1, -0.05) is 30.3 Å². The highest BCUT2D eigenvalue weighted by Crippen LogP contribution is 2.21. The monoisotopic (exact) mass is 411 g/mol. The van der Waals surface area contributed by atoms with Crippen LogP contribution in [0, 0.1) is 0 Å². The van der Waals surface area contributed by atoms with Gasteiger partial charge in [0.25, 0.3) is 5.56 Å². The number of amides is 1. The van der Waals surface area contributed by atoms with Crippen molar-refractivity contribution in [1.82, 2.24) is 20.0 Å². The fraction of sp³-hybridized carbons (Fsp3) is 0.500. The maximum atomic E-state index is 12.4. The van der Waals surface area contributed by atoms with Gasteiger partial charge in [-0.2, -0.15) is 5.10 Å². The predicted molar refractivity (Wildman–Crippen MR) is 115 cm³/mol. The molecule has 0 aliphatic carbocycles. The maximum absolute atomic E-state index is 12.4. The van der Waals surface area contributed by atoms with Gasteiger partial charge in [0.15, 0.2) is 0 Å². The number of benzene rings is 1. The van der Waals surface area contributed by atoms with Gasteiger partial charge in [0.05, 0.1) is 11.4 Å². The first kappa shape index (κ1) is 20.4. The summed E-state index contributed by atoms with van der Waals surface area (Å²) in [5.41, 5.74) is 3.58. The molecule has 1 amide bonds. The van der Waals surface area contributed by atoms with Crippen LogP contribution in [-0.2, 0) is 24.2 Å². The summed E-state index contributed by atoms with van der Waals surface area (Å²) in [4.78, 5) is 28.6. The highest BCUT2D eigenvalue weighted by molar-refractivity contribution is 5.67. The highest BCUT2D eigenvalue weighted by Gasteiger charge is 2.22. The third-order valence-corrected chi connectivity index (χ3v) is 5.78. The number of H-pyrrole nitrogens is 1. The van der Waals surface area contributed by atoms with Crippen LogP contribution in [0.15, 0.2) is 35.1 Å². The molecule has 2 N–H and O–H groups in total. The van der Waals surface area contributed by atoms with Gasteiger partial charge in [0.2, 0.25) is 0 Å². The summed E-state index contributed by atoms with van der Waals surface area (Å²) < 4.78 is 5.48. The van der Waals surface area contributed by atoms with Gasteiger partial charge in [-0.3, -0.25) is 4.79 Å². The molecule has 0 spiro atoms. The lowest BCUT2D eigenvalue weighted by Gasteiger charge is -2.23. The Labute approximate surface area is 176 Å². The van der Waals surface area contributed by atoms with Crippen molar-refractivity contribution < 1.29 is 9.53 Å². The van der Waals surface area contributed by atoms with Crippen LogP contribution < -0.4 is 10.9 Å². The van der Waals surface area contributed by atoms with E-state index in [1.165, 1.54) is 0 Å². The Hall–Kier alpha value is -2.87. The molecule has 0 atom stereocenters. The van der Waals surface area contributed by atoms with Crippen LogP contribution in [-0.4, -0.2) is 65.4 Å². The molecular formula is C22H29N5O3. The molecule has 0 bridgehead atoms. The minimum absolute atomic E-state index is 0.0830. The Morgan fingerprint density at radius 1 is 1.10 bits per heavy atom. The molecule has 1 fully saturated rings. The van der Waals surface area contributed by atoms with Crippen molar-refractivity contribution in [3.63, 3.8) is 0 Å². The first-order valence-corrected chi connectivity index (χ1v) is 10.7. The molecule has 160 valence electrons. The van der Waals surface area contributed by atoms with E-state index in [1.54, 1.807) is 4.90 Å². The molecule has 1 aromatic carbocycles. The second-order valence-corrected chi connectivity index (χ2v) is 7.86. The number of hydrogen-bond donors (Lipinski definition) is 2. The van der Waals surface area contributed by atoms with Gasteiger partial charge in [-0.25, -0.2) is 9.89 Å². The summed E-state index contributed by atoms with van der Waals surface area (Å²) in [5, 5.41) is 10.3. The molecule has 3 heterocycles. The van der Waals surface area contributed by atoms with Crippen molar-refractivity contribution in [3.05, 3.63) is 57.5 Å². The molecule has 2 aliphatic rings. The zero-order valence-electron chi connectivity index (χ0n) is 17.2. The van der Waals surface area contributed by atoms with Crippen molar-refractivity contribution in [1.29, 1.82) is 0 Å². The quantitative estimate of drug-likeness (QED) is 0.782. The van der Waals surface area contributed by atoms with E-state index in [2.05, 4.69) is 20.4 Å². The molecule has 2 aliphatic heterocycles. The number of hydrogen-bond acceptors (Lipinski definition) is 6. The average molecular weight is 412 g/mol. The maximum Gasteiger partial charge on any atom is 0.410 e. The lowest BCUT2D eigenvalue weighted by molar-refractivity contribution is 0.0973. The summed E-state index contributed by atoms with van der Waals surface area (Å²) in [6.07, 6.45) is 3.21. The fourth-order valence-corrected chi connectivity index (χ4v) is 4.09. The van der Waals surface area contributed by atoms with Crippen LogP contribution in [0.2, 0.25) is 0 Å². The number of nitrogens with zero attached hydrogens (tertiary/aromatic N) is 3. The Balaban J connectivity index is 1.28. The summed E-state index contributed by atoms with van der Waals surface area (Å²) in [7, 11) is 0. The number of ether oxygens (including phenoxy) is 1. The minimum Gasteiger partial charge on any atom is -0.445 e. The first-order chi connectivity index (χ1) is 14.7. The number of rotatable bonds is 5. The smallest absolute Gasteiger partial charge is 0.410 e. The van der Waals surface area contributed by atoms with Crippen LogP contribution >= 0.6 is 0 Å². The van der Waals surface area contributed by atoms with E-state index >= 15 is 0 Å². The molecule has 2 aromatic rings. The molecule has 1 saturated heterocycles. The van der Waals surface area contributed by atoms with Gasteiger partial charge >= 0.3 is 6.09 Å². The van der Waals surface area contributed by atoms with Gasteiger partial charge in [-0.15, -0.1) is 0 Å². The third kappa shape index (κ3) is 4.99. The SMILES string of the molecule is O=C(OCc1ccccc1)N1CCCN(CCc2n[nH]c(=O)c3c2NCCC3)CC1. The van der Waals surface area contributed by atoms with Crippen molar-refractivity contribution in [3.8, 4) is 0 Å². The van der Waals surface area contributed by atoms with E-state index in [4.69, 9.17) is 4.74 Å². The largest absolute Gasteiger partial charge is 0.445 e. The number of aromatic amines is 1. The molecule has 0 radical (unpaired) electrons. The molecule has 0 unspecified atom stereocenters. The van der Waals surface area contributed by atoms with Crippen molar-refractivity contribution >= 4 is 11.8 Å². The van der Waals surface area contributed by atoms with Crippen LogP contribution in [0.5, 0.6) is 0 Å².